The third kappa shape index (κ3) is 5.83. The molecule has 0 radical (unpaired) electrons. The van der Waals surface area contributed by atoms with Gasteiger partial charge in [0.15, 0.2) is 0 Å². The van der Waals surface area contributed by atoms with E-state index in [1.165, 1.54) is 29.8 Å². The highest BCUT2D eigenvalue weighted by atomic mass is 19.1. The van der Waals surface area contributed by atoms with Gasteiger partial charge in [0, 0.05) is 62.7 Å². The van der Waals surface area contributed by atoms with Crippen LogP contribution in [0, 0.1) is 11.6 Å². The lowest BCUT2D eigenvalue weighted by molar-refractivity contribution is -0.116. The molecular weight excluding hydrogens is 484 g/mol. The van der Waals surface area contributed by atoms with Crippen LogP contribution in [-0.4, -0.2) is 42.4 Å². The van der Waals surface area contributed by atoms with E-state index in [1.54, 1.807) is 16.7 Å². The summed E-state index contributed by atoms with van der Waals surface area (Å²) >= 11 is 0. The lowest BCUT2D eigenvalue weighted by atomic mass is 10.0. The van der Waals surface area contributed by atoms with Gasteiger partial charge in [-0.05, 0) is 66.3 Å². The number of carbonyl (C=O) groups excluding carboxylic acids is 2. The van der Waals surface area contributed by atoms with Crippen LogP contribution in [-0.2, 0) is 22.6 Å². The molecule has 3 aromatic carbocycles. The number of piperidine rings is 1. The number of anilines is 2. The van der Waals surface area contributed by atoms with Crippen molar-refractivity contribution in [3.05, 3.63) is 101 Å². The van der Waals surface area contributed by atoms with Crippen molar-refractivity contribution in [1.82, 2.24) is 4.90 Å². The maximum Gasteiger partial charge on any atom is 0.251 e. The van der Waals surface area contributed by atoms with Crippen molar-refractivity contribution < 1.29 is 18.4 Å². The molecule has 0 aromatic heterocycles. The Hall–Kier alpha value is -3.84. The third-order valence-corrected chi connectivity index (χ3v) is 7.33. The standard InChI is InChI=1S/C31H31F2N3O2/c1-22(37)35-16-11-25-8-9-29(20-30(25)35)36(31(38)10-7-24-17-26(32)19-27(33)18-24)28-12-14-34(15-13-28)21-23-5-3-2-4-6-23/h2-10,17-20,28H,11-16,21H2,1H3/b10-7+. The van der Waals surface area contributed by atoms with Gasteiger partial charge in [0.1, 0.15) is 11.6 Å². The number of rotatable bonds is 6. The van der Waals surface area contributed by atoms with E-state index in [4.69, 9.17) is 0 Å². The van der Waals surface area contributed by atoms with E-state index in [0.717, 1.165) is 61.9 Å². The van der Waals surface area contributed by atoms with Crippen molar-refractivity contribution >= 4 is 29.3 Å². The molecule has 38 heavy (non-hydrogen) atoms. The maximum atomic E-state index is 13.7. The first kappa shape index (κ1) is 25.8. The molecule has 0 N–H and O–H groups in total. The summed E-state index contributed by atoms with van der Waals surface area (Å²) in [5, 5.41) is 0. The fraction of sp³-hybridized carbons (Fsp3) is 0.290. The first-order valence-corrected chi connectivity index (χ1v) is 13.0. The molecule has 0 unspecified atom stereocenters. The number of halogens is 2. The van der Waals surface area contributed by atoms with E-state index in [0.29, 0.717) is 6.54 Å². The predicted molar refractivity (Wildman–Crippen MR) is 146 cm³/mol. The summed E-state index contributed by atoms with van der Waals surface area (Å²) in [6.07, 6.45) is 5.18. The van der Waals surface area contributed by atoms with E-state index in [1.807, 2.05) is 36.4 Å². The van der Waals surface area contributed by atoms with Crippen LogP contribution < -0.4 is 9.80 Å². The summed E-state index contributed by atoms with van der Waals surface area (Å²) in [4.78, 5) is 31.7. The summed E-state index contributed by atoms with van der Waals surface area (Å²) in [5.41, 5.74) is 4.18. The Kier molecular flexibility index (Phi) is 7.65. The van der Waals surface area contributed by atoms with Crippen LogP contribution in [0.15, 0.2) is 72.8 Å². The summed E-state index contributed by atoms with van der Waals surface area (Å²) in [5.74, 6) is -1.67. The molecule has 3 aromatic rings. The van der Waals surface area contributed by atoms with Crippen molar-refractivity contribution in [3.63, 3.8) is 0 Å². The average molecular weight is 516 g/mol. The second-order valence-electron chi connectivity index (χ2n) is 9.97. The fourth-order valence-electron chi connectivity index (χ4n) is 5.46. The lowest BCUT2D eigenvalue weighted by Crippen LogP contribution is -2.47. The van der Waals surface area contributed by atoms with Gasteiger partial charge in [0.05, 0.1) is 0 Å². The first-order valence-electron chi connectivity index (χ1n) is 13.0. The molecular formula is C31H31F2N3O2. The molecule has 0 saturated carbocycles. The number of hydrogen-bond donors (Lipinski definition) is 0. The Morgan fingerprint density at radius 1 is 0.947 bits per heavy atom. The number of hydrogen-bond acceptors (Lipinski definition) is 3. The van der Waals surface area contributed by atoms with E-state index in [9.17, 15) is 18.4 Å². The topological polar surface area (TPSA) is 43.9 Å². The van der Waals surface area contributed by atoms with Gasteiger partial charge in [-0.1, -0.05) is 36.4 Å². The molecule has 196 valence electrons. The van der Waals surface area contributed by atoms with Crippen LogP contribution in [0.3, 0.4) is 0 Å². The number of likely N-dealkylation sites (tertiary alicyclic amines) is 1. The smallest absolute Gasteiger partial charge is 0.251 e. The van der Waals surface area contributed by atoms with Crippen LogP contribution in [0.2, 0.25) is 0 Å². The monoisotopic (exact) mass is 515 g/mol. The van der Waals surface area contributed by atoms with Crippen LogP contribution in [0.1, 0.15) is 36.5 Å². The number of nitrogens with zero attached hydrogens (tertiary/aromatic N) is 3. The van der Waals surface area contributed by atoms with E-state index in [-0.39, 0.29) is 23.4 Å². The number of carbonyl (C=O) groups is 2. The zero-order chi connectivity index (χ0) is 26.6. The molecule has 0 aliphatic carbocycles. The minimum absolute atomic E-state index is 0.0268. The maximum absolute atomic E-state index is 13.7. The Morgan fingerprint density at radius 3 is 2.34 bits per heavy atom. The van der Waals surface area contributed by atoms with Gasteiger partial charge in [-0.15, -0.1) is 0 Å². The van der Waals surface area contributed by atoms with Crippen LogP contribution in [0.5, 0.6) is 0 Å². The van der Waals surface area contributed by atoms with Gasteiger partial charge in [-0.25, -0.2) is 8.78 Å². The molecule has 2 aliphatic rings. The summed E-state index contributed by atoms with van der Waals surface area (Å²) < 4.78 is 27.4. The molecule has 0 spiro atoms. The minimum Gasteiger partial charge on any atom is -0.312 e. The predicted octanol–water partition coefficient (Wildman–Crippen LogP) is 5.58. The SMILES string of the molecule is CC(=O)N1CCc2ccc(N(C(=O)/C=C/c3cc(F)cc(F)c3)C3CCN(Cc4ccccc4)CC3)cc21. The molecule has 7 heteroatoms. The third-order valence-electron chi connectivity index (χ3n) is 7.33. The van der Waals surface area contributed by atoms with Gasteiger partial charge >= 0.3 is 0 Å². The van der Waals surface area contributed by atoms with Gasteiger partial charge < -0.3 is 9.80 Å². The summed E-state index contributed by atoms with van der Waals surface area (Å²) in [6.45, 7) is 4.72. The summed E-state index contributed by atoms with van der Waals surface area (Å²) in [7, 11) is 0. The van der Waals surface area contributed by atoms with E-state index >= 15 is 0 Å². The van der Waals surface area contributed by atoms with Crippen molar-refractivity contribution in [2.45, 2.75) is 38.8 Å². The minimum atomic E-state index is -0.692. The average Bonchev–Trinajstić information content (AvgIpc) is 3.33. The normalized spacial score (nSPS) is 16.1. The quantitative estimate of drug-likeness (QED) is 0.403. The number of fused-ring (bicyclic) bond motifs is 1. The molecule has 2 heterocycles. The largest absolute Gasteiger partial charge is 0.312 e. The summed E-state index contributed by atoms with van der Waals surface area (Å²) in [6, 6.07) is 19.3. The highest BCUT2D eigenvalue weighted by Crippen LogP contribution is 2.34. The van der Waals surface area contributed by atoms with Gasteiger partial charge in [-0.2, -0.15) is 0 Å². The molecule has 5 rings (SSSR count). The Bertz CT molecular complexity index is 1330. The zero-order valence-electron chi connectivity index (χ0n) is 21.4. The fourth-order valence-corrected chi connectivity index (χ4v) is 5.46. The van der Waals surface area contributed by atoms with Crippen molar-refractivity contribution in [1.29, 1.82) is 0 Å². The number of benzene rings is 3. The van der Waals surface area contributed by atoms with Crippen molar-refractivity contribution in [2.75, 3.05) is 29.4 Å². The van der Waals surface area contributed by atoms with E-state index < -0.39 is 11.6 Å². The molecule has 0 bridgehead atoms. The first-order chi connectivity index (χ1) is 18.4. The van der Waals surface area contributed by atoms with Crippen LogP contribution in [0.4, 0.5) is 20.2 Å². The Labute approximate surface area is 222 Å². The molecule has 0 atom stereocenters. The second-order valence-corrected chi connectivity index (χ2v) is 9.97. The molecule has 2 aliphatic heterocycles. The van der Waals surface area contributed by atoms with Crippen molar-refractivity contribution in [3.8, 4) is 0 Å². The van der Waals surface area contributed by atoms with Crippen LogP contribution >= 0.6 is 0 Å². The van der Waals surface area contributed by atoms with Crippen LogP contribution in [0.25, 0.3) is 6.08 Å². The Morgan fingerprint density at radius 2 is 1.66 bits per heavy atom. The molecule has 5 nitrogen and oxygen atoms in total. The molecule has 2 amide bonds. The number of amides is 2. The zero-order valence-corrected chi connectivity index (χ0v) is 21.4. The van der Waals surface area contributed by atoms with Gasteiger partial charge in [0.2, 0.25) is 5.91 Å². The van der Waals surface area contributed by atoms with Crippen molar-refractivity contribution in [2.24, 2.45) is 0 Å². The van der Waals surface area contributed by atoms with Gasteiger partial charge in [0.25, 0.3) is 5.91 Å². The molecule has 1 fully saturated rings. The Balaban J connectivity index is 1.40. The lowest BCUT2D eigenvalue weighted by Gasteiger charge is -2.38. The highest BCUT2D eigenvalue weighted by molar-refractivity contribution is 6.05. The van der Waals surface area contributed by atoms with E-state index in [2.05, 4.69) is 17.0 Å². The van der Waals surface area contributed by atoms with Gasteiger partial charge in [-0.3, -0.25) is 14.5 Å². The molecule has 1 saturated heterocycles. The second kappa shape index (κ2) is 11.3. The highest BCUT2D eigenvalue weighted by Gasteiger charge is 2.30.